The summed E-state index contributed by atoms with van der Waals surface area (Å²) < 4.78 is 19.1. The molecule has 1 amide bonds. The minimum atomic E-state index is -0.280. The molecule has 2 heterocycles. The van der Waals surface area contributed by atoms with Crippen molar-refractivity contribution in [3.05, 3.63) is 35.6 Å². The number of amides is 1. The molecule has 0 aromatic heterocycles. The number of hydrogen-bond donors (Lipinski definition) is 1. The summed E-state index contributed by atoms with van der Waals surface area (Å²) in [7, 11) is 0. The van der Waals surface area contributed by atoms with Gasteiger partial charge in [0, 0.05) is 6.61 Å². The number of ether oxygens (including phenoxy) is 1. The van der Waals surface area contributed by atoms with Crippen molar-refractivity contribution in [2.75, 3.05) is 6.61 Å². The van der Waals surface area contributed by atoms with E-state index < -0.39 is 0 Å². The zero-order valence-corrected chi connectivity index (χ0v) is 12.4. The van der Waals surface area contributed by atoms with Gasteiger partial charge in [0.1, 0.15) is 12.0 Å². The standard InChI is InChI=1S/C16H21FN2O2/c1-3-13-16(20)19(14-7-8-21-10(14)2)15(18-13)11-5-4-6-12(17)9-11/h4-6,9-10,13-15,18H,3,7-8H2,1-2H3. The third-order valence-corrected chi connectivity index (χ3v) is 4.46. The molecule has 0 spiro atoms. The molecule has 3 rings (SSSR count). The molecule has 2 fully saturated rings. The van der Waals surface area contributed by atoms with Crippen LogP contribution in [0, 0.1) is 5.82 Å². The van der Waals surface area contributed by atoms with Crippen molar-refractivity contribution < 1.29 is 13.9 Å². The molecule has 4 nitrogen and oxygen atoms in total. The molecule has 4 atom stereocenters. The van der Waals surface area contributed by atoms with Crippen LogP contribution < -0.4 is 5.32 Å². The van der Waals surface area contributed by atoms with Gasteiger partial charge < -0.3 is 9.64 Å². The fourth-order valence-electron chi connectivity index (χ4n) is 3.32. The van der Waals surface area contributed by atoms with Gasteiger partial charge in [-0.2, -0.15) is 0 Å². The molecule has 5 heteroatoms. The van der Waals surface area contributed by atoms with Crippen LogP contribution in [0.1, 0.15) is 38.4 Å². The van der Waals surface area contributed by atoms with Crippen LogP contribution in [-0.4, -0.2) is 35.6 Å². The predicted molar refractivity (Wildman–Crippen MR) is 77.0 cm³/mol. The zero-order chi connectivity index (χ0) is 15.0. The van der Waals surface area contributed by atoms with Crippen molar-refractivity contribution in [3.63, 3.8) is 0 Å². The molecule has 0 aliphatic carbocycles. The van der Waals surface area contributed by atoms with Gasteiger partial charge in [-0.25, -0.2) is 4.39 Å². The van der Waals surface area contributed by atoms with Crippen molar-refractivity contribution in [2.45, 2.75) is 51.0 Å². The number of halogens is 1. The largest absolute Gasteiger partial charge is 0.376 e. The van der Waals surface area contributed by atoms with E-state index in [1.54, 1.807) is 6.07 Å². The summed E-state index contributed by atoms with van der Waals surface area (Å²) in [6.45, 7) is 4.64. The van der Waals surface area contributed by atoms with Crippen molar-refractivity contribution >= 4 is 5.91 Å². The average molecular weight is 292 g/mol. The monoisotopic (exact) mass is 292 g/mol. The van der Waals surface area contributed by atoms with Gasteiger partial charge in [0.25, 0.3) is 0 Å². The first-order valence-electron chi connectivity index (χ1n) is 7.57. The number of benzene rings is 1. The normalized spacial score (nSPS) is 32.9. The Morgan fingerprint density at radius 2 is 2.29 bits per heavy atom. The number of nitrogens with one attached hydrogen (secondary N) is 1. The summed E-state index contributed by atoms with van der Waals surface area (Å²) in [6, 6.07) is 6.31. The lowest BCUT2D eigenvalue weighted by Gasteiger charge is -2.32. The number of carbonyl (C=O) groups is 1. The SMILES string of the molecule is CCC1NC(c2cccc(F)c2)N(C2CCOC2C)C1=O. The Labute approximate surface area is 124 Å². The van der Waals surface area contributed by atoms with Crippen LogP contribution in [0.25, 0.3) is 0 Å². The summed E-state index contributed by atoms with van der Waals surface area (Å²) in [5, 5.41) is 3.34. The summed E-state index contributed by atoms with van der Waals surface area (Å²) in [4.78, 5) is 14.5. The second-order valence-electron chi connectivity index (χ2n) is 5.76. The Balaban J connectivity index is 1.94. The first-order valence-corrected chi connectivity index (χ1v) is 7.57. The summed E-state index contributed by atoms with van der Waals surface area (Å²) >= 11 is 0. The van der Waals surface area contributed by atoms with Gasteiger partial charge in [-0.1, -0.05) is 19.1 Å². The van der Waals surface area contributed by atoms with E-state index in [0.29, 0.717) is 6.61 Å². The van der Waals surface area contributed by atoms with E-state index in [4.69, 9.17) is 4.74 Å². The number of carbonyl (C=O) groups excluding carboxylic acids is 1. The molecule has 0 bridgehead atoms. The molecule has 21 heavy (non-hydrogen) atoms. The molecule has 114 valence electrons. The van der Waals surface area contributed by atoms with Crippen molar-refractivity contribution in [1.82, 2.24) is 10.2 Å². The van der Waals surface area contributed by atoms with Gasteiger partial charge in [0.2, 0.25) is 5.91 Å². The maximum atomic E-state index is 13.5. The first-order chi connectivity index (χ1) is 10.1. The van der Waals surface area contributed by atoms with Crippen LogP contribution in [0.15, 0.2) is 24.3 Å². The third-order valence-electron chi connectivity index (χ3n) is 4.46. The van der Waals surface area contributed by atoms with Gasteiger partial charge in [0.05, 0.1) is 18.2 Å². The highest BCUT2D eigenvalue weighted by atomic mass is 19.1. The van der Waals surface area contributed by atoms with Crippen LogP contribution in [0.3, 0.4) is 0 Å². The van der Waals surface area contributed by atoms with Crippen LogP contribution in [0.2, 0.25) is 0 Å². The highest BCUT2D eigenvalue weighted by Gasteiger charge is 2.45. The maximum Gasteiger partial charge on any atom is 0.241 e. The van der Waals surface area contributed by atoms with Gasteiger partial charge in [-0.3, -0.25) is 10.1 Å². The van der Waals surface area contributed by atoms with E-state index in [1.165, 1.54) is 12.1 Å². The van der Waals surface area contributed by atoms with Crippen molar-refractivity contribution in [1.29, 1.82) is 0 Å². The number of hydrogen-bond acceptors (Lipinski definition) is 3. The smallest absolute Gasteiger partial charge is 0.241 e. The average Bonchev–Trinajstić information content (AvgIpc) is 3.02. The Hall–Kier alpha value is -1.46. The molecular weight excluding hydrogens is 271 g/mol. The van der Waals surface area contributed by atoms with Crippen molar-refractivity contribution in [3.8, 4) is 0 Å². The number of rotatable bonds is 3. The maximum absolute atomic E-state index is 13.5. The zero-order valence-electron chi connectivity index (χ0n) is 12.4. The molecule has 2 saturated heterocycles. The van der Waals surface area contributed by atoms with Gasteiger partial charge >= 0.3 is 0 Å². The molecule has 0 saturated carbocycles. The van der Waals surface area contributed by atoms with E-state index in [9.17, 15) is 9.18 Å². The molecule has 1 aromatic carbocycles. The quantitative estimate of drug-likeness (QED) is 0.928. The Bertz CT molecular complexity index is 537. The van der Waals surface area contributed by atoms with Crippen molar-refractivity contribution in [2.24, 2.45) is 0 Å². The molecule has 1 N–H and O–H groups in total. The second kappa shape index (κ2) is 5.73. The first kappa shape index (κ1) is 14.5. The van der Waals surface area contributed by atoms with E-state index >= 15 is 0 Å². The molecule has 0 radical (unpaired) electrons. The second-order valence-corrected chi connectivity index (χ2v) is 5.76. The lowest BCUT2D eigenvalue weighted by atomic mass is 10.1. The highest BCUT2D eigenvalue weighted by Crippen LogP contribution is 2.33. The Morgan fingerprint density at radius 3 is 2.90 bits per heavy atom. The highest BCUT2D eigenvalue weighted by molar-refractivity contribution is 5.85. The number of nitrogens with zero attached hydrogens (tertiary/aromatic N) is 1. The lowest BCUT2D eigenvalue weighted by molar-refractivity contribution is -0.133. The van der Waals surface area contributed by atoms with Crippen LogP contribution in [0.5, 0.6) is 0 Å². The fourth-order valence-corrected chi connectivity index (χ4v) is 3.32. The van der Waals surface area contributed by atoms with Crippen LogP contribution in [-0.2, 0) is 9.53 Å². The topological polar surface area (TPSA) is 41.6 Å². The van der Waals surface area contributed by atoms with Gasteiger partial charge in [0.15, 0.2) is 0 Å². The summed E-state index contributed by atoms with van der Waals surface area (Å²) in [6.07, 6.45) is 1.30. The van der Waals surface area contributed by atoms with E-state index in [0.717, 1.165) is 18.4 Å². The predicted octanol–water partition coefficient (Wildman–Crippen LogP) is 2.21. The Morgan fingerprint density at radius 1 is 1.48 bits per heavy atom. The van der Waals surface area contributed by atoms with Gasteiger partial charge in [-0.05, 0) is 37.5 Å². The van der Waals surface area contributed by atoms with E-state index in [1.807, 2.05) is 24.8 Å². The lowest BCUT2D eigenvalue weighted by Crippen LogP contribution is -2.43. The molecule has 2 aliphatic heterocycles. The fraction of sp³-hybridized carbons (Fsp3) is 0.562. The van der Waals surface area contributed by atoms with Crippen LogP contribution >= 0.6 is 0 Å². The van der Waals surface area contributed by atoms with Gasteiger partial charge in [-0.15, -0.1) is 0 Å². The van der Waals surface area contributed by atoms with E-state index in [2.05, 4.69) is 5.32 Å². The minimum absolute atomic E-state index is 0.0161. The molecule has 1 aromatic rings. The minimum Gasteiger partial charge on any atom is -0.376 e. The molecule has 4 unspecified atom stereocenters. The third kappa shape index (κ3) is 2.56. The Kier molecular flexibility index (Phi) is 3.95. The molecular formula is C16H21FN2O2. The molecule has 2 aliphatic rings. The summed E-state index contributed by atoms with van der Waals surface area (Å²) in [5.41, 5.74) is 0.790. The van der Waals surface area contributed by atoms with Crippen LogP contribution in [0.4, 0.5) is 4.39 Å². The summed E-state index contributed by atoms with van der Waals surface area (Å²) in [5.74, 6) is -0.188. The van der Waals surface area contributed by atoms with E-state index in [-0.39, 0.29) is 36.1 Å².